The van der Waals surface area contributed by atoms with E-state index in [0.717, 1.165) is 20.1 Å². The van der Waals surface area contributed by atoms with Gasteiger partial charge in [0, 0.05) is 0 Å². The van der Waals surface area contributed by atoms with Crippen molar-refractivity contribution in [1.82, 2.24) is 0 Å². The van der Waals surface area contributed by atoms with Crippen LogP contribution in [-0.4, -0.2) is 12.9 Å². The summed E-state index contributed by atoms with van der Waals surface area (Å²) in [5, 5.41) is -0.236. The molecule has 0 radical (unpaired) electrons. The first-order valence-electron chi connectivity index (χ1n) is 4.23. The molecule has 0 aliphatic carbocycles. The maximum atomic E-state index is 12.7. The molecule has 0 bridgehead atoms. The first kappa shape index (κ1) is 12.8. The van der Waals surface area contributed by atoms with E-state index in [1.54, 1.807) is 0 Å². The number of methoxy groups -OCH3 is 1. The molecule has 0 atom stereocenters. The fourth-order valence-electron chi connectivity index (χ4n) is 1.35. The molecule has 0 aliphatic rings. The summed E-state index contributed by atoms with van der Waals surface area (Å²) in [5.41, 5.74) is -1.69. The van der Waals surface area contributed by atoms with Gasteiger partial charge in [-0.25, -0.2) is 0 Å². The van der Waals surface area contributed by atoms with Crippen LogP contribution in [0, 0.1) is 0 Å². The molecular formula is C10H8ClF3O2. The van der Waals surface area contributed by atoms with E-state index in [1.807, 2.05) is 0 Å². The number of hydrogen-bond donors (Lipinski definition) is 0. The third-order valence-electron chi connectivity index (χ3n) is 1.97. The van der Waals surface area contributed by atoms with Gasteiger partial charge >= 0.3 is 6.18 Å². The Labute approximate surface area is 95.0 Å². The third-order valence-corrected chi connectivity index (χ3v) is 2.29. The van der Waals surface area contributed by atoms with E-state index in [0.29, 0.717) is 0 Å². The van der Waals surface area contributed by atoms with Crippen molar-refractivity contribution in [2.75, 3.05) is 7.11 Å². The van der Waals surface area contributed by atoms with Crippen LogP contribution < -0.4 is 4.74 Å². The Hall–Kier alpha value is -1.23. The summed E-state index contributed by atoms with van der Waals surface area (Å²) in [5.74, 6) is -1.17. The number of benzene rings is 1. The van der Waals surface area contributed by atoms with Gasteiger partial charge in [-0.2, -0.15) is 13.2 Å². The highest BCUT2D eigenvalue weighted by Crippen LogP contribution is 2.41. The topological polar surface area (TPSA) is 26.3 Å². The molecular weight excluding hydrogens is 245 g/mol. The molecule has 6 heteroatoms. The molecule has 88 valence electrons. The first-order valence-corrected chi connectivity index (χ1v) is 4.61. The number of ketones is 1. The van der Waals surface area contributed by atoms with Gasteiger partial charge in [-0.05, 0) is 19.1 Å². The lowest BCUT2D eigenvalue weighted by Crippen LogP contribution is -2.14. The van der Waals surface area contributed by atoms with E-state index < -0.39 is 28.8 Å². The monoisotopic (exact) mass is 252 g/mol. The fraction of sp³-hybridized carbons (Fsp3) is 0.300. The molecule has 16 heavy (non-hydrogen) atoms. The van der Waals surface area contributed by atoms with Crippen LogP contribution in [0.1, 0.15) is 22.8 Å². The molecule has 1 aromatic rings. The second-order valence-electron chi connectivity index (χ2n) is 3.05. The molecule has 0 saturated heterocycles. The normalized spacial score (nSPS) is 11.4. The van der Waals surface area contributed by atoms with Crippen molar-refractivity contribution in [3.63, 3.8) is 0 Å². The zero-order chi connectivity index (χ0) is 12.5. The predicted octanol–water partition coefficient (Wildman–Crippen LogP) is 3.57. The molecule has 0 unspecified atom stereocenters. The zero-order valence-electron chi connectivity index (χ0n) is 8.48. The van der Waals surface area contributed by atoms with Gasteiger partial charge in [-0.1, -0.05) is 11.6 Å². The average molecular weight is 253 g/mol. The number of Topliss-reactive ketones (excluding diaryl/α,β-unsaturated/α-hetero) is 1. The van der Waals surface area contributed by atoms with E-state index in [4.69, 9.17) is 11.6 Å². The highest BCUT2D eigenvalue weighted by Gasteiger charge is 2.39. The Kier molecular flexibility index (Phi) is 3.48. The smallest absolute Gasteiger partial charge is 0.420 e. The maximum Gasteiger partial charge on any atom is 0.420 e. The lowest BCUT2D eigenvalue weighted by molar-refractivity contribution is -0.139. The van der Waals surface area contributed by atoms with Crippen LogP contribution in [0.2, 0.25) is 5.02 Å². The predicted molar refractivity (Wildman–Crippen MR) is 53.0 cm³/mol. The van der Waals surface area contributed by atoms with E-state index >= 15 is 0 Å². The number of rotatable bonds is 2. The Morgan fingerprint density at radius 1 is 1.38 bits per heavy atom. The summed E-state index contributed by atoms with van der Waals surface area (Å²) in [6, 6.07) is 2.28. The minimum atomic E-state index is -4.68. The van der Waals surface area contributed by atoms with Crippen LogP contribution >= 0.6 is 11.6 Å². The quantitative estimate of drug-likeness (QED) is 0.752. The Bertz CT molecular complexity index is 427. The summed E-state index contributed by atoms with van der Waals surface area (Å²) < 4.78 is 42.8. The van der Waals surface area contributed by atoms with Gasteiger partial charge in [0.05, 0.1) is 17.7 Å². The summed E-state index contributed by atoms with van der Waals surface area (Å²) in [6.45, 7) is 1.02. The fourth-order valence-corrected chi connectivity index (χ4v) is 1.64. The molecule has 0 spiro atoms. The van der Waals surface area contributed by atoms with Crippen molar-refractivity contribution in [2.24, 2.45) is 0 Å². The Morgan fingerprint density at radius 2 is 1.94 bits per heavy atom. The lowest BCUT2D eigenvalue weighted by atomic mass is 10.0. The molecule has 0 amide bonds. The van der Waals surface area contributed by atoms with Crippen molar-refractivity contribution in [3.8, 4) is 5.75 Å². The second-order valence-corrected chi connectivity index (χ2v) is 3.46. The number of halogens is 4. The molecule has 0 N–H and O–H groups in total. The number of carbonyl (C=O) groups is 1. The Morgan fingerprint density at radius 3 is 2.31 bits per heavy atom. The minimum Gasteiger partial charge on any atom is -0.496 e. The van der Waals surface area contributed by atoms with Crippen molar-refractivity contribution in [2.45, 2.75) is 13.1 Å². The SMILES string of the molecule is COc1ccc(Cl)c(C(C)=O)c1C(F)(F)F. The average Bonchev–Trinajstić information content (AvgIpc) is 2.15. The molecule has 1 rings (SSSR count). The van der Waals surface area contributed by atoms with Crippen molar-refractivity contribution in [3.05, 3.63) is 28.3 Å². The van der Waals surface area contributed by atoms with E-state index in [2.05, 4.69) is 4.74 Å². The second kappa shape index (κ2) is 4.33. The summed E-state index contributed by atoms with van der Waals surface area (Å²) >= 11 is 5.58. The van der Waals surface area contributed by atoms with Gasteiger partial charge in [0.25, 0.3) is 0 Å². The van der Waals surface area contributed by atoms with E-state index in [1.165, 1.54) is 6.07 Å². The maximum absolute atomic E-state index is 12.7. The van der Waals surface area contributed by atoms with Gasteiger partial charge in [0.1, 0.15) is 11.3 Å². The molecule has 0 aliphatic heterocycles. The van der Waals surface area contributed by atoms with Gasteiger partial charge < -0.3 is 4.74 Å². The largest absolute Gasteiger partial charge is 0.496 e. The third kappa shape index (κ3) is 2.29. The molecule has 2 nitrogen and oxygen atoms in total. The van der Waals surface area contributed by atoms with Crippen LogP contribution in [0.5, 0.6) is 5.75 Å². The Balaban J connectivity index is 3.62. The molecule has 1 aromatic carbocycles. The number of carbonyl (C=O) groups excluding carboxylic acids is 1. The van der Waals surface area contributed by atoms with Crippen molar-refractivity contribution >= 4 is 17.4 Å². The first-order chi connectivity index (χ1) is 7.29. The number of alkyl halides is 3. The van der Waals surface area contributed by atoms with Crippen LogP contribution in [0.3, 0.4) is 0 Å². The summed E-state index contributed by atoms with van der Waals surface area (Å²) in [4.78, 5) is 11.2. The van der Waals surface area contributed by atoms with Crippen LogP contribution in [0.4, 0.5) is 13.2 Å². The highest BCUT2D eigenvalue weighted by atomic mass is 35.5. The molecule has 0 heterocycles. The van der Waals surface area contributed by atoms with E-state index in [-0.39, 0.29) is 5.02 Å². The number of ether oxygens (including phenoxy) is 1. The summed E-state index contributed by atoms with van der Waals surface area (Å²) in [7, 11) is 1.10. The van der Waals surface area contributed by atoms with Crippen LogP contribution in [-0.2, 0) is 6.18 Å². The standard InChI is InChI=1S/C10H8ClF3O2/c1-5(15)8-6(11)3-4-7(16-2)9(8)10(12,13)14/h3-4H,1-2H3. The van der Waals surface area contributed by atoms with Crippen LogP contribution in [0.15, 0.2) is 12.1 Å². The lowest BCUT2D eigenvalue weighted by Gasteiger charge is -2.16. The molecule has 0 aromatic heterocycles. The highest BCUT2D eigenvalue weighted by molar-refractivity contribution is 6.34. The van der Waals surface area contributed by atoms with E-state index in [9.17, 15) is 18.0 Å². The molecule has 0 fully saturated rings. The minimum absolute atomic E-state index is 0.236. The number of hydrogen-bond acceptors (Lipinski definition) is 2. The van der Waals surface area contributed by atoms with Gasteiger partial charge in [0.15, 0.2) is 5.78 Å². The van der Waals surface area contributed by atoms with Gasteiger partial charge in [-0.3, -0.25) is 4.79 Å². The van der Waals surface area contributed by atoms with Crippen LogP contribution in [0.25, 0.3) is 0 Å². The van der Waals surface area contributed by atoms with Gasteiger partial charge in [-0.15, -0.1) is 0 Å². The zero-order valence-corrected chi connectivity index (χ0v) is 9.24. The van der Waals surface area contributed by atoms with Gasteiger partial charge in [0.2, 0.25) is 0 Å². The summed E-state index contributed by atoms with van der Waals surface area (Å²) in [6.07, 6.45) is -4.68. The molecule has 0 saturated carbocycles. The van der Waals surface area contributed by atoms with Crippen molar-refractivity contribution in [1.29, 1.82) is 0 Å². The van der Waals surface area contributed by atoms with Crippen molar-refractivity contribution < 1.29 is 22.7 Å².